The van der Waals surface area contributed by atoms with Crippen molar-refractivity contribution in [1.82, 2.24) is 10.5 Å². The fourth-order valence-corrected chi connectivity index (χ4v) is 2.59. The van der Waals surface area contributed by atoms with Crippen molar-refractivity contribution in [1.29, 1.82) is 0 Å². The van der Waals surface area contributed by atoms with E-state index in [0.717, 1.165) is 11.8 Å². The van der Waals surface area contributed by atoms with Gasteiger partial charge in [0.2, 0.25) is 17.3 Å². The lowest BCUT2D eigenvalue weighted by atomic mass is 10.00. The second-order valence-electron chi connectivity index (χ2n) is 3.94. The maximum Gasteiger partial charge on any atom is 0.274 e. The molecule has 1 aromatic heterocycles. The number of carbonyl (C=O) groups excluding carboxylic acids is 3. The molecule has 0 saturated carbocycles. The Morgan fingerprint density at radius 3 is 2.90 bits per heavy atom. The van der Waals surface area contributed by atoms with E-state index in [1.807, 2.05) is 0 Å². The fourth-order valence-electron chi connectivity index (χ4n) is 1.67. The van der Waals surface area contributed by atoms with Crippen molar-refractivity contribution in [2.24, 2.45) is 0 Å². The minimum atomic E-state index is -0.585. The molecular weight excluding hydrogens is 284 g/mol. The molecule has 0 radical (unpaired) electrons. The van der Waals surface area contributed by atoms with E-state index in [9.17, 15) is 14.4 Å². The van der Waals surface area contributed by atoms with Crippen LogP contribution >= 0.6 is 11.8 Å². The summed E-state index contributed by atoms with van der Waals surface area (Å²) in [7, 11) is 1.39. The maximum absolute atomic E-state index is 12.3. The minimum Gasteiger partial charge on any atom is -0.396 e. The first-order valence-electron chi connectivity index (χ1n) is 5.86. The summed E-state index contributed by atoms with van der Waals surface area (Å²) in [4.78, 5) is 36.0. The van der Waals surface area contributed by atoms with Crippen molar-refractivity contribution in [2.45, 2.75) is 6.42 Å². The second kappa shape index (κ2) is 6.02. The first kappa shape index (κ1) is 14.5. The van der Waals surface area contributed by atoms with Crippen molar-refractivity contribution in [3.63, 3.8) is 0 Å². The van der Waals surface area contributed by atoms with Gasteiger partial charge in [-0.15, -0.1) is 11.8 Å². The lowest BCUT2D eigenvalue weighted by Gasteiger charge is -2.10. The number of hydrogen-bond donors (Lipinski definition) is 2. The Morgan fingerprint density at radius 1 is 1.50 bits per heavy atom. The molecule has 106 valence electrons. The van der Waals surface area contributed by atoms with E-state index in [-0.39, 0.29) is 28.5 Å². The molecule has 0 bridgehead atoms. The minimum absolute atomic E-state index is 0.00439. The number of carbonyl (C=O) groups is 3. The van der Waals surface area contributed by atoms with Crippen molar-refractivity contribution >= 4 is 29.2 Å². The van der Waals surface area contributed by atoms with E-state index in [1.165, 1.54) is 13.1 Å². The highest BCUT2D eigenvalue weighted by molar-refractivity contribution is 8.04. The average molecular weight is 296 g/mol. The molecule has 1 aromatic rings. The van der Waals surface area contributed by atoms with Gasteiger partial charge in [-0.1, -0.05) is 5.16 Å². The van der Waals surface area contributed by atoms with Gasteiger partial charge in [-0.05, 0) is 6.42 Å². The molecule has 8 heteroatoms. The molecule has 1 heterocycles. The highest BCUT2D eigenvalue weighted by Crippen LogP contribution is 2.30. The van der Waals surface area contributed by atoms with Crippen molar-refractivity contribution in [3.8, 4) is 0 Å². The Bertz CT molecular complexity index is 605. The summed E-state index contributed by atoms with van der Waals surface area (Å²) >= 11 is 1.16. The monoisotopic (exact) mass is 296 g/mol. The van der Waals surface area contributed by atoms with Crippen LogP contribution in [0.1, 0.15) is 37.8 Å². The molecule has 1 aliphatic carbocycles. The van der Waals surface area contributed by atoms with Crippen LogP contribution in [0.3, 0.4) is 0 Å². The van der Waals surface area contributed by atoms with Gasteiger partial charge in [-0.25, -0.2) is 0 Å². The zero-order chi connectivity index (χ0) is 14.7. The van der Waals surface area contributed by atoms with E-state index < -0.39 is 17.5 Å². The average Bonchev–Trinajstić information content (AvgIpc) is 2.89. The van der Waals surface area contributed by atoms with E-state index in [4.69, 9.17) is 9.63 Å². The Labute approximate surface area is 118 Å². The SMILES string of the molecule is CNC(=O)c1noc2c1C(=O)C(SCCCO)=CC2=O. The molecule has 2 N–H and O–H groups in total. The zero-order valence-corrected chi connectivity index (χ0v) is 11.5. The van der Waals surface area contributed by atoms with Crippen LogP contribution in [0.25, 0.3) is 0 Å². The van der Waals surface area contributed by atoms with Gasteiger partial charge in [0.25, 0.3) is 5.91 Å². The van der Waals surface area contributed by atoms with Crippen LogP contribution in [0.2, 0.25) is 0 Å². The molecule has 2 rings (SSSR count). The van der Waals surface area contributed by atoms with Crippen LogP contribution in [0.15, 0.2) is 15.5 Å². The van der Waals surface area contributed by atoms with Crippen LogP contribution in [0.5, 0.6) is 0 Å². The number of thioether (sulfide) groups is 1. The highest BCUT2D eigenvalue weighted by atomic mass is 32.2. The Hall–Kier alpha value is -1.93. The predicted molar refractivity (Wildman–Crippen MR) is 70.8 cm³/mol. The molecule has 20 heavy (non-hydrogen) atoms. The Balaban J connectivity index is 2.33. The molecule has 7 nitrogen and oxygen atoms in total. The van der Waals surface area contributed by atoms with Gasteiger partial charge < -0.3 is 14.9 Å². The number of rotatable bonds is 5. The molecule has 0 aromatic carbocycles. The largest absolute Gasteiger partial charge is 0.396 e. The molecular formula is C12H12N2O5S. The number of nitrogens with zero attached hydrogens (tertiary/aromatic N) is 1. The lowest BCUT2D eigenvalue weighted by Crippen LogP contribution is -2.23. The van der Waals surface area contributed by atoms with E-state index in [0.29, 0.717) is 12.2 Å². The molecule has 0 spiro atoms. The van der Waals surface area contributed by atoms with Gasteiger partial charge in [-0.2, -0.15) is 0 Å². The molecule has 0 fully saturated rings. The summed E-state index contributed by atoms with van der Waals surface area (Å²) in [6.07, 6.45) is 1.67. The van der Waals surface area contributed by atoms with Crippen LogP contribution < -0.4 is 5.32 Å². The number of nitrogens with one attached hydrogen (secondary N) is 1. The molecule has 0 atom stereocenters. The standard InChI is InChI=1S/C12H12N2O5S/c1-13-12(18)9-8-10(17)7(20-4-2-3-15)5-6(16)11(8)19-14-9/h5,15H,2-4H2,1H3,(H,13,18). The first-order valence-corrected chi connectivity index (χ1v) is 6.84. The highest BCUT2D eigenvalue weighted by Gasteiger charge is 2.35. The third kappa shape index (κ3) is 2.52. The summed E-state index contributed by atoms with van der Waals surface area (Å²) in [5, 5.41) is 14.5. The first-order chi connectivity index (χ1) is 9.60. The molecule has 0 unspecified atom stereocenters. The number of hydrogen-bond acceptors (Lipinski definition) is 7. The van der Waals surface area contributed by atoms with Crippen molar-refractivity contribution in [2.75, 3.05) is 19.4 Å². The number of amides is 1. The molecule has 1 aliphatic rings. The smallest absolute Gasteiger partial charge is 0.274 e. The van der Waals surface area contributed by atoms with Gasteiger partial charge in [0, 0.05) is 25.5 Å². The third-order valence-corrected chi connectivity index (χ3v) is 3.74. The number of aliphatic hydroxyl groups excluding tert-OH is 1. The van der Waals surface area contributed by atoms with Gasteiger partial charge in [0.05, 0.1) is 4.91 Å². The van der Waals surface area contributed by atoms with Gasteiger partial charge in [0.15, 0.2) is 5.69 Å². The summed E-state index contributed by atoms with van der Waals surface area (Å²) in [6, 6.07) is 0. The quantitative estimate of drug-likeness (QED) is 0.757. The lowest BCUT2D eigenvalue weighted by molar-refractivity contribution is 0.0944. The Morgan fingerprint density at radius 2 is 2.25 bits per heavy atom. The van der Waals surface area contributed by atoms with Gasteiger partial charge >= 0.3 is 0 Å². The number of aromatic nitrogens is 1. The fraction of sp³-hybridized carbons (Fsp3) is 0.333. The van der Waals surface area contributed by atoms with Crippen LogP contribution in [-0.4, -0.2) is 47.1 Å². The van der Waals surface area contributed by atoms with Crippen LogP contribution in [0, 0.1) is 0 Å². The summed E-state index contributed by atoms with van der Waals surface area (Å²) in [6.45, 7) is 0.00439. The number of Topliss-reactive ketones (excluding diaryl/α,β-unsaturated/α-hetero) is 1. The van der Waals surface area contributed by atoms with Crippen LogP contribution in [-0.2, 0) is 0 Å². The Kier molecular flexibility index (Phi) is 4.35. The predicted octanol–water partition coefficient (Wildman–Crippen LogP) is 0.413. The van der Waals surface area contributed by atoms with E-state index in [1.54, 1.807) is 0 Å². The van der Waals surface area contributed by atoms with Crippen molar-refractivity contribution < 1.29 is 24.0 Å². The maximum atomic E-state index is 12.3. The van der Waals surface area contributed by atoms with Crippen LogP contribution in [0.4, 0.5) is 0 Å². The number of ketones is 2. The second-order valence-corrected chi connectivity index (χ2v) is 5.08. The van der Waals surface area contributed by atoms with Crippen molar-refractivity contribution in [3.05, 3.63) is 28.0 Å². The zero-order valence-electron chi connectivity index (χ0n) is 10.6. The third-order valence-electron chi connectivity index (χ3n) is 2.63. The molecule has 1 amide bonds. The van der Waals surface area contributed by atoms with Gasteiger partial charge in [-0.3, -0.25) is 14.4 Å². The van der Waals surface area contributed by atoms with E-state index in [2.05, 4.69) is 10.5 Å². The summed E-state index contributed by atoms with van der Waals surface area (Å²) in [5.41, 5.74) is -0.280. The van der Waals surface area contributed by atoms with E-state index >= 15 is 0 Å². The summed E-state index contributed by atoms with van der Waals surface area (Å²) in [5.74, 6) is -1.24. The topological polar surface area (TPSA) is 110 Å². The number of fused-ring (bicyclic) bond motifs is 1. The number of allylic oxidation sites excluding steroid dienone is 2. The summed E-state index contributed by atoms with van der Waals surface area (Å²) < 4.78 is 4.79. The van der Waals surface area contributed by atoms with Gasteiger partial charge in [0.1, 0.15) is 5.56 Å². The molecule has 0 saturated heterocycles. The molecule has 0 aliphatic heterocycles. The number of aliphatic hydroxyl groups is 1. The normalized spacial score (nSPS) is 14.0.